The predicted octanol–water partition coefficient (Wildman–Crippen LogP) is 2.20. The number of nitrogens with one attached hydrogen (secondary N) is 2. The van der Waals surface area contributed by atoms with Crippen molar-refractivity contribution in [1.29, 1.82) is 0 Å². The van der Waals surface area contributed by atoms with Crippen LogP contribution in [-0.4, -0.2) is 60.6 Å². The summed E-state index contributed by atoms with van der Waals surface area (Å²) in [5.41, 5.74) is 1.10. The van der Waals surface area contributed by atoms with Crippen LogP contribution < -0.4 is 10.6 Å². The van der Waals surface area contributed by atoms with Gasteiger partial charge in [0.1, 0.15) is 5.82 Å². The first-order valence-electron chi connectivity index (χ1n) is 9.37. The van der Waals surface area contributed by atoms with Crippen LogP contribution in [-0.2, 0) is 6.42 Å². The van der Waals surface area contributed by atoms with Crippen LogP contribution in [0.4, 0.5) is 14.0 Å². The van der Waals surface area contributed by atoms with E-state index in [1.165, 1.54) is 12.1 Å². The molecule has 0 bridgehead atoms. The van der Waals surface area contributed by atoms with Crippen molar-refractivity contribution >= 4 is 12.1 Å². The molecule has 2 heterocycles. The zero-order valence-corrected chi connectivity index (χ0v) is 15.2. The van der Waals surface area contributed by atoms with E-state index in [1.807, 2.05) is 24.0 Å². The third-order valence-electron chi connectivity index (χ3n) is 5.14. The van der Waals surface area contributed by atoms with Gasteiger partial charge in [-0.25, -0.2) is 14.0 Å². The summed E-state index contributed by atoms with van der Waals surface area (Å²) < 4.78 is 13.0. The number of amides is 4. The molecule has 2 unspecified atom stereocenters. The van der Waals surface area contributed by atoms with Gasteiger partial charge in [0.2, 0.25) is 0 Å². The van der Waals surface area contributed by atoms with Crippen LogP contribution in [0.3, 0.4) is 0 Å². The molecule has 2 aliphatic heterocycles. The number of carbonyl (C=O) groups excluding carboxylic acids is 2. The summed E-state index contributed by atoms with van der Waals surface area (Å²) in [4.78, 5) is 27.9. The quantitative estimate of drug-likeness (QED) is 0.862. The SMILES string of the molecule is CCNC(=O)N1CCC(NC(=O)N2CCC(Cc3ccc(F)cc3)C2)C1. The molecule has 2 fully saturated rings. The van der Waals surface area contributed by atoms with Crippen LogP contribution in [0, 0.1) is 11.7 Å². The summed E-state index contributed by atoms with van der Waals surface area (Å²) >= 11 is 0. The van der Waals surface area contributed by atoms with Crippen LogP contribution in [0.2, 0.25) is 0 Å². The largest absolute Gasteiger partial charge is 0.338 e. The standard InChI is InChI=1S/C19H27FN4O2/c1-2-21-18(25)24-10-8-17(13-24)22-19(26)23-9-7-15(12-23)11-14-3-5-16(20)6-4-14/h3-6,15,17H,2,7-13H2,1H3,(H,21,25)(H,22,26). The van der Waals surface area contributed by atoms with Crippen LogP contribution in [0.1, 0.15) is 25.3 Å². The average molecular weight is 362 g/mol. The first-order valence-corrected chi connectivity index (χ1v) is 9.37. The second kappa shape index (κ2) is 8.38. The molecule has 142 valence electrons. The van der Waals surface area contributed by atoms with Crippen LogP contribution in [0.15, 0.2) is 24.3 Å². The maximum Gasteiger partial charge on any atom is 0.317 e. The second-order valence-corrected chi connectivity index (χ2v) is 7.15. The van der Waals surface area contributed by atoms with E-state index in [1.54, 1.807) is 4.90 Å². The molecule has 0 aliphatic carbocycles. The zero-order chi connectivity index (χ0) is 18.5. The lowest BCUT2D eigenvalue weighted by atomic mass is 9.99. The lowest BCUT2D eigenvalue weighted by Crippen LogP contribution is -2.46. The number of nitrogens with zero attached hydrogens (tertiary/aromatic N) is 2. The molecule has 2 N–H and O–H groups in total. The number of halogens is 1. The van der Waals surface area contributed by atoms with Crippen LogP contribution in [0.5, 0.6) is 0 Å². The van der Waals surface area contributed by atoms with E-state index >= 15 is 0 Å². The Balaban J connectivity index is 1.43. The number of urea groups is 2. The van der Waals surface area contributed by atoms with Gasteiger partial charge in [-0.15, -0.1) is 0 Å². The highest BCUT2D eigenvalue weighted by molar-refractivity contribution is 5.76. The highest BCUT2D eigenvalue weighted by Crippen LogP contribution is 2.21. The molecule has 2 saturated heterocycles. The van der Waals surface area contributed by atoms with Crippen molar-refractivity contribution in [2.75, 3.05) is 32.7 Å². The minimum Gasteiger partial charge on any atom is -0.338 e. The molecule has 2 aliphatic rings. The molecule has 1 aromatic rings. The Morgan fingerprint density at radius 2 is 1.77 bits per heavy atom. The third-order valence-corrected chi connectivity index (χ3v) is 5.14. The third kappa shape index (κ3) is 4.65. The molecule has 0 aromatic heterocycles. The fourth-order valence-electron chi connectivity index (χ4n) is 3.73. The summed E-state index contributed by atoms with van der Waals surface area (Å²) in [5.74, 6) is 0.182. The van der Waals surface area contributed by atoms with Gasteiger partial charge in [-0.05, 0) is 49.8 Å². The van der Waals surface area contributed by atoms with Gasteiger partial charge in [0, 0.05) is 38.8 Å². The summed E-state index contributed by atoms with van der Waals surface area (Å²) in [5, 5.41) is 5.84. The Morgan fingerprint density at radius 3 is 2.50 bits per heavy atom. The molecule has 0 radical (unpaired) electrons. The van der Waals surface area contributed by atoms with Gasteiger partial charge in [0.05, 0.1) is 0 Å². The Bertz CT molecular complexity index is 637. The lowest BCUT2D eigenvalue weighted by molar-refractivity contribution is 0.199. The highest BCUT2D eigenvalue weighted by Gasteiger charge is 2.31. The van der Waals surface area contributed by atoms with Gasteiger partial charge in [-0.1, -0.05) is 12.1 Å². The summed E-state index contributed by atoms with van der Waals surface area (Å²) in [6.07, 6.45) is 2.61. The molecule has 6 nitrogen and oxygen atoms in total. The maximum atomic E-state index is 13.0. The molecule has 2 atom stereocenters. The van der Waals surface area contributed by atoms with Crippen LogP contribution in [0.25, 0.3) is 0 Å². The first kappa shape index (κ1) is 18.5. The van der Waals surface area contributed by atoms with Crippen LogP contribution >= 0.6 is 0 Å². The summed E-state index contributed by atoms with van der Waals surface area (Å²) in [6, 6.07) is 6.49. The minimum atomic E-state index is -0.223. The Morgan fingerprint density at radius 1 is 1.08 bits per heavy atom. The number of hydrogen-bond donors (Lipinski definition) is 2. The molecule has 3 rings (SSSR count). The topological polar surface area (TPSA) is 64.7 Å². The Labute approximate surface area is 153 Å². The molecular weight excluding hydrogens is 335 g/mol. The van der Waals surface area contributed by atoms with E-state index in [2.05, 4.69) is 10.6 Å². The monoisotopic (exact) mass is 362 g/mol. The first-order chi connectivity index (χ1) is 12.5. The molecule has 0 spiro atoms. The molecule has 26 heavy (non-hydrogen) atoms. The van der Waals surface area contributed by atoms with Crippen molar-refractivity contribution in [2.45, 2.75) is 32.2 Å². The zero-order valence-electron chi connectivity index (χ0n) is 15.2. The fourth-order valence-corrected chi connectivity index (χ4v) is 3.73. The molecule has 7 heteroatoms. The number of likely N-dealkylation sites (tertiary alicyclic amines) is 2. The van der Waals surface area contributed by atoms with Crippen molar-refractivity contribution in [2.24, 2.45) is 5.92 Å². The average Bonchev–Trinajstić information content (AvgIpc) is 3.27. The van der Waals surface area contributed by atoms with E-state index in [4.69, 9.17) is 0 Å². The van der Waals surface area contributed by atoms with E-state index < -0.39 is 0 Å². The van der Waals surface area contributed by atoms with Crippen molar-refractivity contribution in [1.82, 2.24) is 20.4 Å². The van der Waals surface area contributed by atoms with E-state index in [0.29, 0.717) is 25.6 Å². The van der Waals surface area contributed by atoms with Crippen molar-refractivity contribution in [3.8, 4) is 0 Å². The van der Waals surface area contributed by atoms with Gasteiger partial charge >= 0.3 is 12.1 Å². The Hall–Kier alpha value is -2.31. The highest BCUT2D eigenvalue weighted by atomic mass is 19.1. The fraction of sp³-hybridized carbons (Fsp3) is 0.579. The number of benzene rings is 1. The van der Waals surface area contributed by atoms with E-state index in [-0.39, 0.29) is 23.9 Å². The van der Waals surface area contributed by atoms with Gasteiger partial charge < -0.3 is 20.4 Å². The van der Waals surface area contributed by atoms with Gasteiger partial charge in [-0.3, -0.25) is 0 Å². The van der Waals surface area contributed by atoms with Gasteiger partial charge in [0.25, 0.3) is 0 Å². The minimum absolute atomic E-state index is 0.0151. The number of carbonyl (C=O) groups is 2. The smallest absolute Gasteiger partial charge is 0.317 e. The molecule has 4 amide bonds. The maximum absolute atomic E-state index is 13.0. The van der Waals surface area contributed by atoms with Gasteiger partial charge in [0.15, 0.2) is 0 Å². The van der Waals surface area contributed by atoms with Crippen molar-refractivity contribution in [3.05, 3.63) is 35.6 Å². The molecule has 1 aromatic carbocycles. The second-order valence-electron chi connectivity index (χ2n) is 7.15. The number of hydrogen-bond acceptors (Lipinski definition) is 2. The summed E-state index contributed by atoms with van der Waals surface area (Å²) in [6.45, 7) is 5.19. The predicted molar refractivity (Wildman–Crippen MR) is 97.4 cm³/mol. The van der Waals surface area contributed by atoms with E-state index in [9.17, 15) is 14.0 Å². The number of rotatable bonds is 4. The van der Waals surface area contributed by atoms with Crippen molar-refractivity contribution < 1.29 is 14.0 Å². The molecule has 0 saturated carbocycles. The van der Waals surface area contributed by atoms with Crippen molar-refractivity contribution in [3.63, 3.8) is 0 Å². The lowest BCUT2D eigenvalue weighted by Gasteiger charge is -2.21. The summed E-state index contributed by atoms with van der Waals surface area (Å²) in [7, 11) is 0. The Kier molecular flexibility index (Phi) is 5.96. The normalized spacial score (nSPS) is 22.5. The van der Waals surface area contributed by atoms with Gasteiger partial charge in [-0.2, -0.15) is 0 Å². The van der Waals surface area contributed by atoms with E-state index in [0.717, 1.165) is 37.9 Å². The molecular formula is C19H27FN4O2.